The van der Waals surface area contributed by atoms with Crippen LogP contribution in [0.4, 0.5) is 5.69 Å². The van der Waals surface area contributed by atoms with Crippen LogP contribution in [0.25, 0.3) is 0 Å². The van der Waals surface area contributed by atoms with Gasteiger partial charge in [0, 0.05) is 26.2 Å². The minimum atomic E-state index is -3.86. The zero-order valence-corrected chi connectivity index (χ0v) is 17.6. The van der Waals surface area contributed by atoms with E-state index >= 15 is 0 Å². The normalized spacial score (nSPS) is 16.7. The molecule has 0 spiro atoms. The standard InChI is InChI=1S/C21H21N3O6S/c1-14-2-4-15(5-3-14)30-13-19(25)23-8-10-24(11-9-23)31(28,29)16-6-7-18-17(12-16)20(26)21(27)22-18/h2-7,12H,8-11,13H2,1H3,(H,22,26,27). The van der Waals surface area contributed by atoms with Gasteiger partial charge in [0.25, 0.3) is 17.6 Å². The zero-order chi connectivity index (χ0) is 22.2. The molecular weight excluding hydrogens is 422 g/mol. The van der Waals surface area contributed by atoms with Crippen molar-refractivity contribution in [2.45, 2.75) is 11.8 Å². The summed E-state index contributed by atoms with van der Waals surface area (Å²) in [4.78, 5) is 37.3. The summed E-state index contributed by atoms with van der Waals surface area (Å²) >= 11 is 0. The SMILES string of the molecule is Cc1ccc(OCC(=O)N2CCN(S(=O)(=O)c3ccc4c(c3)C(=O)C(=O)N4)CC2)cc1. The Labute approximate surface area is 179 Å². The molecule has 2 amide bonds. The number of ketones is 1. The largest absolute Gasteiger partial charge is 0.484 e. The summed E-state index contributed by atoms with van der Waals surface area (Å²) in [5.41, 5.74) is 1.44. The summed E-state index contributed by atoms with van der Waals surface area (Å²) in [5.74, 6) is -1.15. The number of hydrogen-bond acceptors (Lipinski definition) is 6. The Hall–Kier alpha value is -3.24. The van der Waals surface area contributed by atoms with Gasteiger partial charge < -0.3 is 15.0 Å². The number of benzene rings is 2. The van der Waals surface area contributed by atoms with Crippen molar-refractivity contribution in [3.05, 3.63) is 53.6 Å². The maximum atomic E-state index is 13.0. The summed E-state index contributed by atoms with van der Waals surface area (Å²) in [6.45, 7) is 2.56. The molecule has 9 nitrogen and oxygen atoms in total. The predicted molar refractivity (Wildman–Crippen MR) is 111 cm³/mol. The Morgan fingerprint density at radius 2 is 1.71 bits per heavy atom. The fourth-order valence-corrected chi connectivity index (χ4v) is 4.93. The second-order valence-electron chi connectivity index (χ2n) is 7.38. The Morgan fingerprint density at radius 3 is 2.39 bits per heavy atom. The molecule has 2 aliphatic heterocycles. The molecule has 0 unspecified atom stereocenters. The van der Waals surface area contributed by atoms with E-state index in [0.29, 0.717) is 11.4 Å². The third-order valence-corrected chi connectivity index (χ3v) is 7.20. The van der Waals surface area contributed by atoms with E-state index in [2.05, 4.69) is 5.32 Å². The fourth-order valence-electron chi connectivity index (χ4n) is 3.48. The number of hydrogen-bond donors (Lipinski definition) is 1. The molecule has 0 saturated carbocycles. The highest BCUT2D eigenvalue weighted by molar-refractivity contribution is 7.89. The van der Waals surface area contributed by atoms with Gasteiger partial charge in [0.2, 0.25) is 10.0 Å². The van der Waals surface area contributed by atoms with Gasteiger partial charge in [0.05, 0.1) is 16.1 Å². The molecule has 0 aliphatic carbocycles. The van der Waals surface area contributed by atoms with E-state index in [1.54, 1.807) is 17.0 Å². The lowest BCUT2D eigenvalue weighted by molar-refractivity contribution is -0.134. The number of aryl methyl sites for hydroxylation is 1. The second kappa shape index (κ2) is 8.12. The van der Waals surface area contributed by atoms with Crippen molar-refractivity contribution in [1.29, 1.82) is 0 Å². The molecule has 1 fully saturated rings. The number of anilines is 1. The molecule has 1 saturated heterocycles. The highest BCUT2D eigenvalue weighted by atomic mass is 32.2. The van der Waals surface area contributed by atoms with Gasteiger partial charge in [0.1, 0.15) is 5.75 Å². The third kappa shape index (κ3) is 4.17. The number of fused-ring (bicyclic) bond motifs is 1. The van der Waals surface area contributed by atoms with E-state index in [0.717, 1.165) is 5.56 Å². The maximum absolute atomic E-state index is 13.0. The van der Waals surface area contributed by atoms with Crippen molar-refractivity contribution >= 4 is 33.3 Å². The number of nitrogens with zero attached hydrogens (tertiary/aromatic N) is 2. The van der Waals surface area contributed by atoms with Gasteiger partial charge in [-0.25, -0.2) is 8.42 Å². The van der Waals surface area contributed by atoms with Crippen molar-refractivity contribution in [2.24, 2.45) is 0 Å². The Balaban J connectivity index is 1.37. The molecule has 10 heteroatoms. The van der Waals surface area contributed by atoms with Crippen LogP contribution >= 0.6 is 0 Å². The minimum absolute atomic E-state index is 0.0492. The van der Waals surface area contributed by atoms with Crippen LogP contribution in [0, 0.1) is 6.92 Å². The van der Waals surface area contributed by atoms with Crippen molar-refractivity contribution in [1.82, 2.24) is 9.21 Å². The minimum Gasteiger partial charge on any atom is -0.484 e. The predicted octanol–water partition coefficient (Wildman–Crippen LogP) is 1.04. The monoisotopic (exact) mass is 443 g/mol. The Kier molecular flexibility index (Phi) is 5.50. The van der Waals surface area contributed by atoms with Gasteiger partial charge >= 0.3 is 0 Å². The van der Waals surface area contributed by atoms with Crippen molar-refractivity contribution in [3.8, 4) is 5.75 Å². The van der Waals surface area contributed by atoms with Crippen LogP contribution in [0.15, 0.2) is 47.4 Å². The molecule has 0 atom stereocenters. The molecule has 162 valence electrons. The number of sulfonamides is 1. The molecule has 4 rings (SSSR count). The molecule has 0 radical (unpaired) electrons. The molecule has 31 heavy (non-hydrogen) atoms. The van der Waals surface area contributed by atoms with E-state index in [4.69, 9.17) is 4.74 Å². The number of piperazine rings is 1. The third-order valence-electron chi connectivity index (χ3n) is 5.30. The molecule has 2 aromatic rings. The van der Waals surface area contributed by atoms with Gasteiger partial charge in [-0.2, -0.15) is 4.31 Å². The van der Waals surface area contributed by atoms with Crippen LogP contribution in [-0.2, 0) is 19.6 Å². The fraction of sp³-hybridized carbons (Fsp3) is 0.286. The number of carbonyl (C=O) groups excluding carboxylic acids is 3. The van der Waals surface area contributed by atoms with E-state index in [9.17, 15) is 22.8 Å². The Bertz CT molecular complexity index is 1150. The molecule has 1 N–H and O–H groups in total. The lowest BCUT2D eigenvalue weighted by Gasteiger charge is -2.34. The average molecular weight is 443 g/mol. The van der Waals surface area contributed by atoms with Crippen LogP contribution < -0.4 is 10.1 Å². The molecule has 2 heterocycles. The van der Waals surface area contributed by atoms with Crippen LogP contribution in [0.1, 0.15) is 15.9 Å². The van der Waals surface area contributed by atoms with Gasteiger partial charge in [0.15, 0.2) is 6.61 Å². The summed E-state index contributed by atoms with van der Waals surface area (Å²) in [7, 11) is -3.86. The van der Waals surface area contributed by atoms with Gasteiger partial charge in [-0.05, 0) is 37.3 Å². The number of amides is 2. The average Bonchev–Trinajstić information content (AvgIpc) is 3.06. The van der Waals surface area contributed by atoms with Crippen LogP contribution in [0.5, 0.6) is 5.75 Å². The summed E-state index contributed by atoms with van der Waals surface area (Å²) in [5, 5.41) is 2.40. The van der Waals surface area contributed by atoms with Crippen molar-refractivity contribution < 1.29 is 27.5 Å². The molecule has 0 bridgehead atoms. The highest BCUT2D eigenvalue weighted by Gasteiger charge is 2.33. The zero-order valence-electron chi connectivity index (χ0n) is 16.8. The first-order valence-electron chi connectivity index (χ1n) is 9.73. The van der Waals surface area contributed by atoms with Gasteiger partial charge in [-0.1, -0.05) is 17.7 Å². The number of carbonyl (C=O) groups is 3. The van der Waals surface area contributed by atoms with Crippen molar-refractivity contribution in [3.63, 3.8) is 0 Å². The molecular formula is C21H21N3O6S. The number of ether oxygens (including phenoxy) is 1. The maximum Gasteiger partial charge on any atom is 0.296 e. The summed E-state index contributed by atoms with van der Waals surface area (Å²) < 4.78 is 32.7. The lowest BCUT2D eigenvalue weighted by atomic mass is 10.1. The van der Waals surface area contributed by atoms with E-state index < -0.39 is 21.7 Å². The molecule has 2 aromatic carbocycles. The van der Waals surface area contributed by atoms with Crippen LogP contribution in [0.2, 0.25) is 0 Å². The number of rotatable bonds is 5. The van der Waals surface area contributed by atoms with E-state index in [1.165, 1.54) is 22.5 Å². The second-order valence-corrected chi connectivity index (χ2v) is 9.32. The first kappa shape index (κ1) is 21.0. The number of nitrogens with one attached hydrogen (secondary N) is 1. The summed E-state index contributed by atoms with van der Waals surface area (Å²) in [6, 6.07) is 11.4. The smallest absolute Gasteiger partial charge is 0.296 e. The molecule has 0 aromatic heterocycles. The van der Waals surface area contributed by atoms with Crippen LogP contribution in [-0.4, -0.2) is 68.0 Å². The topological polar surface area (TPSA) is 113 Å². The van der Waals surface area contributed by atoms with Crippen molar-refractivity contribution in [2.75, 3.05) is 38.1 Å². The quantitative estimate of drug-likeness (QED) is 0.691. The summed E-state index contributed by atoms with van der Waals surface area (Å²) in [6.07, 6.45) is 0. The first-order chi connectivity index (χ1) is 14.8. The van der Waals surface area contributed by atoms with Gasteiger partial charge in [-0.3, -0.25) is 14.4 Å². The van der Waals surface area contributed by atoms with Crippen LogP contribution in [0.3, 0.4) is 0 Å². The lowest BCUT2D eigenvalue weighted by Crippen LogP contribution is -2.51. The first-order valence-corrected chi connectivity index (χ1v) is 11.2. The Morgan fingerprint density at radius 1 is 1.03 bits per heavy atom. The van der Waals surface area contributed by atoms with Gasteiger partial charge in [-0.15, -0.1) is 0 Å². The van der Waals surface area contributed by atoms with E-state index in [1.807, 2.05) is 19.1 Å². The molecule has 2 aliphatic rings. The van der Waals surface area contributed by atoms with E-state index in [-0.39, 0.29) is 49.2 Å². The number of Topliss-reactive ketones (excluding diaryl/α,β-unsaturated/α-hetero) is 1. The highest BCUT2D eigenvalue weighted by Crippen LogP contribution is 2.27.